The van der Waals surface area contributed by atoms with Crippen molar-refractivity contribution >= 4 is 29.3 Å². The highest BCUT2D eigenvalue weighted by atomic mass is 32.2. The van der Waals surface area contributed by atoms with Crippen molar-refractivity contribution in [2.75, 3.05) is 23.9 Å². The van der Waals surface area contributed by atoms with Gasteiger partial charge in [0.05, 0.1) is 11.3 Å². The molecule has 1 aromatic rings. The molecule has 0 bridgehead atoms. The summed E-state index contributed by atoms with van der Waals surface area (Å²) in [5.74, 6) is -3.16. The number of benzene rings is 1. The fourth-order valence-electron chi connectivity index (χ4n) is 1.53. The van der Waals surface area contributed by atoms with E-state index in [0.717, 1.165) is 12.1 Å². The number of carbonyl (C=O) groups excluding carboxylic acids is 2. The molecule has 1 unspecified atom stereocenters. The average molecular weight is 332 g/mol. The van der Waals surface area contributed by atoms with Crippen molar-refractivity contribution in [3.63, 3.8) is 0 Å². The third kappa shape index (κ3) is 5.98. The van der Waals surface area contributed by atoms with Crippen molar-refractivity contribution in [1.82, 2.24) is 5.32 Å². The van der Waals surface area contributed by atoms with Crippen molar-refractivity contribution in [3.8, 4) is 0 Å². The fraction of sp³-hybridized carbons (Fsp3) is 0.429. The van der Waals surface area contributed by atoms with Crippen LogP contribution < -0.4 is 10.6 Å². The summed E-state index contributed by atoms with van der Waals surface area (Å²) in [5, 5.41) is 14.3. The molecule has 0 spiro atoms. The molecule has 1 atom stereocenters. The summed E-state index contributed by atoms with van der Waals surface area (Å²) in [6, 6.07) is 2.58. The van der Waals surface area contributed by atoms with E-state index in [-0.39, 0.29) is 12.2 Å². The van der Waals surface area contributed by atoms with E-state index in [1.54, 1.807) is 18.7 Å². The standard InChI is InChI=1S/C14H18F2N2O3S/c1-14(21,5-6-22-2)8-17-12(19)13(20)18-11-4-3-9(15)7-10(11)16/h3-4,7,21H,5-6,8H2,1-2H3,(H,17,19)(H,18,20). The predicted molar refractivity (Wildman–Crippen MR) is 81.6 cm³/mol. The fourth-order valence-corrected chi connectivity index (χ4v) is 2.18. The normalized spacial score (nSPS) is 13.3. The van der Waals surface area contributed by atoms with Gasteiger partial charge < -0.3 is 15.7 Å². The third-order valence-electron chi connectivity index (χ3n) is 2.86. The number of rotatable bonds is 6. The van der Waals surface area contributed by atoms with Gasteiger partial charge in [-0.1, -0.05) is 0 Å². The number of aliphatic hydroxyl groups is 1. The monoisotopic (exact) mass is 332 g/mol. The maximum atomic E-state index is 13.4. The van der Waals surface area contributed by atoms with E-state index in [9.17, 15) is 23.5 Å². The second kappa shape index (κ2) is 8.09. The Morgan fingerprint density at radius 1 is 1.32 bits per heavy atom. The number of carbonyl (C=O) groups is 2. The van der Waals surface area contributed by atoms with Gasteiger partial charge in [-0.15, -0.1) is 0 Å². The van der Waals surface area contributed by atoms with Crippen LogP contribution in [0.4, 0.5) is 14.5 Å². The van der Waals surface area contributed by atoms with Gasteiger partial charge in [0.1, 0.15) is 11.6 Å². The highest BCUT2D eigenvalue weighted by Crippen LogP contribution is 2.15. The number of anilines is 1. The number of thioether (sulfide) groups is 1. The number of hydrogen-bond donors (Lipinski definition) is 3. The molecular formula is C14H18F2N2O3S. The Morgan fingerprint density at radius 3 is 2.59 bits per heavy atom. The van der Waals surface area contributed by atoms with Crippen LogP contribution in [0.15, 0.2) is 18.2 Å². The van der Waals surface area contributed by atoms with Crippen LogP contribution in [0.3, 0.4) is 0 Å². The Bertz CT molecular complexity index is 553. The molecule has 8 heteroatoms. The first kappa shape index (κ1) is 18.4. The average Bonchev–Trinajstić information content (AvgIpc) is 2.45. The molecule has 3 N–H and O–H groups in total. The Morgan fingerprint density at radius 2 is 2.00 bits per heavy atom. The lowest BCUT2D eigenvalue weighted by molar-refractivity contribution is -0.136. The van der Waals surface area contributed by atoms with Crippen molar-refractivity contribution in [1.29, 1.82) is 0 Å². The summed E-state index contributed by atoms with van der Waals surface area (Å²) in [7, 11) is 0. The van der Waals surface area contributed by atoms with Crippen molar-refractivity contribution in [3.05, 3.63) is 29.8 Å². The van der Waals surface area contributed by atoms with Crippen LogP contribution >= 0.6 is 11.8 Å². The molecule has 0 saturated heterocycles. The van der Waals surface area contributed by atoms with E-state index >= 15 is 0 Å². The van der Waals surface area contributed by atoms with Crippen molar-refractivity contribution in [2.45, 2.75) is 18.9 Å². The highest BCUT2D eigenvalue weighted by molar-refractivity contribution is 7.98. The molecule has 0 radical (unpaired) electrons. The first-order valence-corrected chi connectivity index (χ1v) is 7.90. The van der Waals surface area contributed by atoms with E-state index in [4.69, 9.17) is 0 Å². The maximum absolute atomic E-state index is 13.4. The second-order valence-corrected chi connectivity index (χ2v) is 5.99. The van der Waals surface area contributed by atoms with Crippen molar-refractivity contribution < 1.29 is 23.5 Å². The predicted octanol–water partition coefficient (Wildman–Crippen LogP) is 1.52. The third-order valence-corrected chi connectivity index (χ3v) is 3.47. The largest absolute Gasteiger partial charge is 0.388 e. The lowest BCUT2D eigenvalue weighted by Gasteiger charge is -2.23. The Hall–Kier alpha value is -1.67. The van der Waals surface area contributed by atoms with Gasteiger partial charge in [-0.25, -0.2) is 8.78 Å². The topological polar surface area (TPSA) is 78.4 Å². The number of halogens is 2. The second-order valence-electron chi connectivity index (χ2n) is 5.00. The Labute approximate surface area is 131 Å². The van der Waals surface area contributed by atoms with Gasteiger partial charge in [0.15, 0.2) is 0 Å². The van der Waals surface area contributed by atoms with Gasteiger partial charge in [0.2, 0.25) is 0 Å². The first-order chi connectivity index (χ1) is 10.2. The summed E-state index contributed by atoms with van der Waals surface area (Å²) in [6.45, 7) is 1.44. The molecule has 0 saturated carbocycles. The molecule has 0 fully saturated rings. The lowest BCUT2D eigenvalue weighted by atomic mass is 10.0. The van der Waals surface area contributed by atoms with Gasteiger partial charge in [-0.3, -0.25) is 9.59 Å². The minimum Gasteiger partial charge on any atom is -0.388 e. The SMILES string of the molecule is CSCCC(C)(O)CNC(=O)C(=O)Nc1ccc(F)cc1F. The lowest BCUT2D eigenvalue weighted by Crippen LogP contribution is -2.45. The van der Waals surface area contributed by atoms with Crippen LogP contribution in [0.5, 0.6) is 0 Å². The van der Waals surface area contributed by atoms with E-state index in [0.29, 0.717) is 18.2 Å². The molecule has 1 aromatic carbocycles. The highest BCUT2D eigenvalue weighted by Gasteiger charge is 2.23. The smallest absolute Gasteiger partial charge is 0.313 e. The first-order valence-electron chi connectivity index (χ1n) is 6.51. The molecule has 2 amide bonds. The van der Waals surface area contributed by atoms with E-state index in [2.05, 4.69) is 5.32 Å². The minimum atomic E-state index is -1.14. The summed E-state index contributed by atoms with van der Waals surface area (Å²) < 4.78 is 26.1. The van der Waals surface area contributed by atoms with Crippen LogP contribution in [0, 0.1) is 11.6 Å². The van der Waals surface area contributed by atoms with Gasteiger partial charge in [-0.2, -0.15) is 11.8 Å². The molecule has 1 rings (SSSR count). The van der Waals surface area contributed by atoms with Gasteiger partial charge in [-0.05, 0) is 37.5 Å². The van der Waals surface area contributed by atoms with Crippen molar-refractivity contribution in [2.24, 2.45) is 0 Å². The Kier molecular flexibility index (Phi) is 6.76. The number of nitrogens with one attached hydrogen (secondary N) is 2. The van der Waals surface area contributed by atoms with Crippen LogP contribution in [0.2, 0.25) is 0 Å². The van der Waals surface area contributed by atoms with E-state index < -0.39 is 29.0 Å². The van der Waals surface area contributed by atoms with Crippen LogP contribution in [-0.2, 0) is 9.59 Å². The zero-order valence-corrected chi connectivity index (χ0v) is 13.1. The molecule has 22 heavy (non-hydrogen) atoms. The van der Waals surface area contributed by atoms with Crippen LogP contribution in [0.1, 0.15) is 13.3 Å². The minimum absolute atomic E-state index is 0.105. The molecule has 0 heterocycles. The van der Waals surface area contributed by atoms with Crippen LogP contribution in [-0.4, -0.2) is 41.1 Å². The number of hydrogen-bond acceptors (Lipinski definition) is 4. The molecular weight excluding hydrogens is 314 g/mol. The van der Waals surface area contributed by atoms with Gasteiger partial charge >= 0.3 is 11.8 Å². The maximum Gasteiger partial charge on any atom is 0.313 e. The quantitative estimate of drug-likeness (QED) is 0.690. The molecule has 5 nitrogen and oxygen atoms in total. The molecule has 0 aliphatic carbocycles. The molecule has 122 valence electrons. The van der Waals surface area contributed by atoms with Gasteiger partial charge in [0.25, 0.3) is 0 Å². The molecule has 0 aromatic heterocycles. The van der Waals surface area contributed by atoms with Gasteiger partial charge in [0, 0.05) is 12.6 Å². The zero-order chi connectivity index (χ0) is 16.8. The number of amides is 2. The van der Waals surface area contributed by atoms with E-state index in [1.165, 1.54) is 0 Å². The zero-order valence-electron chi connectivity index (χ0n) is 12.3. The summed E-state index contributed by atoms with van der Waals surface area (Å²) in [4.78, 5) is 23.2. The van der Waals surface area contributed by atoms with E-state index in [1.807, 2.05) is 11.6 Å². The van der Waals surface area contributed by atoms with Crippen LogP contribution in [0.25, 0.3) is 0 Å². The summed E-state index contributed by atoms with van der Waals surface area (Å²) in [5.41, 5.74) is -1.43. The summed E-state index contributed by atoms with van der Waals surface area (Å²) in [6.07, 6.45) is 2.34. The molecule has 0 aliphatic rings. The summed E-state index contributed by atoms with van der Waals surface area (Å²) >= 11 is 1.55. The Balaban J connectivity index is 2.53. The molecule has 0 aliphatic heterocycles.